The Kier molecular flexibility index (Phi) is 7.48. The molecule has 0 aromatic carbocycles. The molecule has 22 heavy (non-hydrogen) atoms. The Morgan fingerprint density at radius 3 is 1.95 bits per heavy atom. The lowest BCUT2D eigenvalue weighted by molar-refractivity contribution is -0.145. The van der Waals surface area contributed by atoms with Crippen molar-refractivity contribution < 1.29 is 9.90 Å². The van der Waals surface area contributed by atoms with E-state index < -0.39 is 20.1 Å². The monoisotopic (exact) mass is 324 g/mol. The van der Waals surface area contributed by atoms with Gasteiger partial charge in [-0.3, -0.25) is 4.79 Å². The molecule has 3 atom stereocenters. The van der Waals surface area contributed by atoms with Crippen LogP contribution in [-0.4, -0.2) is 25.2 Å². The molecule has 1 saturated carbocycles. The van der Waals surface area contributed by atoms with Crippen molar-refractivity contribution in [1.82, 2.24) is 0 Å². The van der Waals surface area contributed by atoms with Crippen LogP contribution in [-0.2, 0) is 4.79 Å². The van der Waals surface area contributed by atoms with Crippen molar-refractivity contribution in [2.75, 3.05) is 0 Å². The van der Waals surface area contributed by atoms with Gasteiger partial charge >= 0.3 is 0 Å². The minimum Gasteiger partial charge on any atom is -0.482 e. The summed E-state index contributed by atoms with van der Waals surface area (Å²) >= 11 is -1.38. The molecule has 1 N–H and O–H groups in total. The van der Waals surface area contributed by atoms with Crippen LogP contribution in [0.1, 0.15) is 67.7 Å². The Bertz CT molecular complexity index is 354. The first kappa shape index (κ1) is 20.0. The lowest BCUT2D eigenvalue weighted by atomic mass is 9.69. The summed E-state index contributed by atoms with van der Waals surface area (Å²) in [5.41, 5.74) is 0. The van der Waals surface area contributed by atoms with Gasteiger partial charge in [0.15, 0.2) is 0 Å². The van der Waals surface area contributed by atoms with Crippen molar-refractivity contribution in [1.29, 1.82) is 0 Å². The van der Waals surface area contributed by atoms with Crippen LogP contribution in [0.25, 0.3) is 0 Å². The summed E-state index contributed by atoms with van der Waals surface area (Å²) in [6.45, 7) is 15.8. The number of carboxylic acid groups (broad SMARTS) is 1. The number of rotatable bonds is 7. The van der Waals surface area contributed by atoms with E-state index in [4.69, 9.17) is 0 Å². The normalized spacial score (nSPS) is 29.4. The van der Waals surface area contributed by atoms with Gasteiger partial charge < -0.3 is 5.11 Å². The molecule has 0 heterocycles. The zero-order valence-electron chi connectivity index (χ0n) is 15.9. The quantitative estimate of drug-likeness (QED) is 0.609. The fourth-order valence-electron chi connectivity index (χ4n) is 5.02. The third-order valence-corrected chi connectivity index (χ3v) is 11.2. The van der Waals surface area contributed by atoms with Crippen LogP contribution in [0.2, 0.25) is 14.8 Å². The van der Waals surface area contributed by atoms with E-state index in [-0.39, 0.29) is 4.28 Å². The van der Waals surface area contributed by atoms with E-state index in [1.165, 1.54) is 17.0 Å². The van der Waals surface area contributed by atoms with Crippen molar-refractivity contribution >= 4 is 20.1 Å². The zero-order chi connectivity index (χ0) is 17.1. The standard InChI is InChI=1S/C11H19O2.2C4H9.Al/c1-7(2)9-5-4-8(3)6-10(9)11(12)13;2*1-4(2)3;/h7-9H,4-6H2,1-3H3,(H,12,13);2*4H,1H2,2-3H3;. The van der Waals surface area contributed by atoms with Crippen LogP contribution in [0.5, 0.6) is 0 Å². The van der Waals surface area contributed by atoms with Crippen molar-refractivity contribution in [3.63, 3.8) is 0 Å². The molecule has 0 saturated heterocycles. The lowest BCUT2D eigenvalue weighted by Gasteiger charge is -2.49. The van der Waals surface area contributed by atoms with Gasteiger partial charge in [0.05, 0.1) is 0 Å². The van der Waals surface area contributed by atoms with Crippen LogP contribution in [0.4, 0.5) is 0 Å². The Balaban J connectivity index is 3.29. The van der Waals surface area contributed by atoms with E-state index in [0.29, 0.717) is 29.6 Å². The van der Waals surface area contributed by atoms with Gasteiger partial charge in [-0.15, -0.1) is 0 Å². The summed E-state index contributed by atoms with van der Waals surface area (Å²) in [7, 11) is 0. The number of aliphatic carboxylic acids is 1. The minimum absolute atomic E-state index is 0.375. The summed E-state index contributed by atoms with van der Waals surface area (Å²) in [5.74, 6) is 2.22. The highest BCUT2D eigenvalue weighted by Gasteiger charge is 2.56. The molecular formula is C19H37AlO2. The average molecular weight is 324 g/mol. The molecule has 3 unspecified atom stereocenters. The third-order valence-electron chi connectivity index (χ3n) is 5.76. The largest absolute Gasteiger partial charge is 0.482 e. The van der Waals surface area contributed by atoms with E-state index >= 15 is 0 Å². The number of carboxylic acids is 1. The molecule has 0 spiro atoms. The number of carbonyl (C=O) groups is 1. The lowest BCUT2D eigenvalue weighted by Crippen LogP contribution is -2.50. The van der Waals surface area contributed by atoms with Crippen LogP contribution in [0.3, 0.4) is 0 Å². The summed E-state index contributed by atoms with van der Waals surface area (Å²) in [6.07, 6.45) is 3.26. The maximum atomic E-state index is 12.6. The molecule has 0 aromatic heterocycles. The molecule has 2 nitrogen and oxygen atoms in total. The summed E-state index contributed by atoms with van der Waals surface area (Å²) in [4.78, 5) is 12.6. The van der Waals surface area contributed by atoms with Gasteiger partial charge in [0.1, 0.15) is 0 Å². The zero-order valence-corrected chi connectivity index (χ0v) is 17.0. The van der Waals surface area contributed by atoms with E-state index in [1.54, 1.807) is 0 Å². The molecule has 3 heteroatoms. The molecule has 128 valence electrons. The van der Waals surface area contributed by atoms with Gasteiger partial charge in [0.2, 0.25) is 0 Å². The van der Waals surface area contributed by atoms with Crippen molar-refractivity contribution in [2.24, 2.45) is 29.6 Å². The van der Waals surface area contributed by atoms with E-state index in [1.807, 2.05) is 0 Å². The Morgan fingerprint density at radius 2 is 1.59 bits per heavy atom. The fourth-order valence-corrected chi connectivity index (χ4v) is 10.6. The summed E-state index contributed by atoms with van der Waals surface area (Å²) < 4.78 is -0.375. The van der Waals surface area contributed by atoms with Gasteiger partial charge in [-0.25, -0.2) is 0 Å². The van der Waals surface area contributed by atoms with Crippen LogP contribution in [0, 0.1) is 29.6 Å². The molecule has 1 rings (SSSR count). The smallest absolute Gasteiger partial charge is 0.296 e. The predicted octanol–water partition coefficient (Wildman–Crippen LogP) is 5.71. The minimum atomic E-state index is -1.38. The van der Waals surface area contributed by atoms with E-state index in [0.717, 1.165) is 12.8 Å². The molecule has 1 aliphatic carbocycles. The third kappa shape index (κ3) is 4.51. The first-order valence-corrected chi connectivity index (χ1v) is 11.6. The van der Waals surface area contributed by atoms with Crippen molar-refractivity contribution in [2.45, 2.75) is 82.6 Å². The van der Waals surface area contributed by atoms with E-state index in [9.17, 15) is 9.90 Å². The number of hydrogen-bond acceptors (Lipinski definition) is 1. The maximum absolute atomic E-state index is 12.6. The molecule has 1 aliphatic rings. The van der Waals surface area contributed by atoms with Crippen LogP contribution < -0.4 is 0 Å². The second-order valence-corrected chi connectivity index (χ2v) is 12.4. The molecular weight excluding hydrogens is 287 g/mol. The van der Waals surface area contributed by atoms with Gasteiger partial charge in [-0.05, 0) is 24.2 Å². The predicted molar refractivity (Wildman–Crippen MR) is 96.7 cm³/mol. The topological polar surface area (TPSA) is 37.3 Å². The van der Waals surface area contributed by atoms with Crippen LogP contribution >= 0.6 is 0 Å². The Labute approximate surface area is 142 Å². The maximum Gasteiger partial charge on any atom is 0.296 e. The molecule has 0 bridgehead atoms. The summed E-state index contributed by atoms with van der Waals surface area (Å²) in [5, 5.41) is 12.7. The molecule has 1 fully saturated rings. The molecule has 0 amide bonds. The van der Waals surface area contributed by atoms with Crippen LogP contribution in [0.15, 0.2) is 0 Å². The van der Waals surface area contributed by atoms with Gasteiger partial charge in [-0.1, -0.05) is 83.7 Å². The number of hydrogen-bond donors (Lipinski definition) is 1. The SMILES string of the molecule is CC(C)[CH2][Al]([CH2]C(C)C)[C]1(C(=O)O)CC(C)CCC1C(C)C. The second kappa shape index (κ2) is 8.20. The Morgan fingerprint density at radius 1 is 1.09 bits per heavy atom. The first-order chi connectivity index (χ1) is 10.1. The van der Waals surface area contributed by atoms with Crippen molar-refractivity contribution in [3.8, 4) is 0 Å². The highest BCUT2D eigenvalue weighted by molar-refractivity contribution is 6.66. The highest BCUT2D eigenvalue weighted by atomic mass is 27.2. The van der Waals surface area contributed by atoms with E-state index in [2.05, 4.69) is 48.5 Å². The molecule has 0 radical (unpaired) electrons. The average Bonchev–Trinajstić information content (AvgIpc) is 2.35. The second-order valence-electron chi connectivity index (χ2n) is 9.04. The Hall–Kier alpha value is 0.00247. The van der Waals surface area contributed by atoms with Gasteiger partial charge in [-0.2, -0.15) is 0 Å². The molecule has 0 aromatic rings. The highest BCUT2D eigenvalue weighted by Crippen LogP contribution is 2.57. The fraction of sp³-hybridized carbons (Fsp3) is 0.947. The molecule has 0 aliphatic heterocycles. The van der Waals surface area contributed by atoms with Crippen molar-refractivity contribution in [3.05, 3.63) is 0 Å². The summed E-state index contributed by atoms with van der Waals surface area (Å²) in [6, 6.07) is 0. The van der Waals surface area contributed by atoms with Gasteiger partial charge in [0.25, 0.3) is 20.1 Å². The van der Waals surface area contributed by atoms with Gasteiger partial charge in [0, 0.05) is 4.28 Å². The first-order valence-electron chi connectivity index (χ1n) is 9.34.